The number of hydrogen-bond donors (Lipinski definition) is 3. The Labute approximate surface area is 214 Å². The first-order valence-corrected chi connectivity index (χ1v) is 12.7. The van der Waals surface area contributed by atoms with E-state index < -0.39 is 5.97 Å². The number of nitrogens with zero attached hydrogens (tertiary/aromatic N) is 7. The van der Waals surface area contributed by atoms with Crippen LogP contribution in [0.1, 0.15) is 24.8 Å². The number of nitrogens with two attached hydrogens (primary N) is 1. The fourth-order valence-corrected chi connectivity index (χ4v) is 5.89. The number of fused-ring (bicyclic) bond motifs is 2. The zero-order valence-electron chi connectivity index (χ0n) is 20.4. The number of likely N-dealkylation sites (tertiary alicyclic amines) is 1. The molecular weight excluding hydrogens is 472 g/mol. The lowest BCUT2D eigenvalue weighted by Gasteiger charge is -2.42. The van der Waals surface area contributed by atoms with Gasteiger partial charge in [0.25, 0.3) is 0 Å². The second-order valence-corrected chi connectivity index (χ2v) is 10.2. The van der Waals surface area contributed by atoms with Crippen molar-refractivity contribution in [3.05, 3.63) is 48.3 Å². The molecule has 2 bridgehead atoms. The van der Waals surface area contributed by atoms with Crippen LogP contribution in [0.4, 0.5) is 17.5 Å². The van der Waals surface area contributed by atoms with E-state index in [9.17, 15) is 15.0 Å². The van der Waals surface area contributed by atoms with Crippen LogP contribution >= 0.6 is 0 Å². The summed E-state index contributed by atoms with van der Waals surface area (Å²) in [7, 11) is 0. The highest BCUT2D eigenvalue weighted by molar-refractivity contribution is 5.74. The fraction of sp³-hybridized carbons (Fsp3) is 0.423. The highest BCUT2D eigenvalue weighted by Gasteiger charge is 2.42. The Morgan fingerprint density at radius 1 is 1.03 bits per heavy atom. The zero-order valence-corrected chi connectivity index (χ0v) is 20.4. The van der Waals surface area contributed by atoms with Crippen LogP contribution in [0.15, 0.2) is 42.7 Å². The molecule has 3 fully saturated rings. The van der Waals surface area contributed by atoms with Gasteiger partial charge in [-0.3, -0.25) is 9.69 Å². The number of aliphatic carboxylic acids is 1. The third kappa shape index (κ3) is 4.50. The van der Waals surface area contributed by atoms with Crippen LogP contribution in [0, 0.1) is 5.92 Å². The topological polar surface area (TPSA) is 145 Å². The fourth-order valence-electron chi connectivity index (χ4n) is 5.89. The number of benzene rings is 1. The summed E-state index contributed by atoms with van der Waals surface area (Å²) in [6, 6.07) is 9.49. The predicted molar refractivity (Wildman–Crippen MR) is 138 cm³/mol. The molecule has 0 saturated carbocycles. The second kappa shape index (κ2) is 9.47. The molecule has 11 heteroatoms. The van der Waals surface area contributed by atoms with E-state index in [2.05, 4.69) is 24.9 Å². The van der Waals surface area contributed by atoms with E-state index in [1.54, 1.807) is 12.1 Å². The Bertz CT molecular complexity index is 1290. The van der Waals surface area contributed by atoms with Crippen LogP contribution in [0.2, 0.25) is 0 Å². The maximum absolute atomic E-state index is 11.2. The first-order chi connectivity index (χ1) is 18.0. The summed E-state index contributed by atoms with van der Waals surface area (Å²) in [6.07, 6.45) is 6.51. The van der Waals surface area contributed by atoms with Crippen LogP contribution in [0.3, 0.4) is 0 Å². The molecule has 3 atom stereocenters. The van der Waals surface area contributed by atoms with E-state index in [0.29, 0.717) is 36.6 Å². The van der Waals surface area contributed by atoms with Gasteiger partial charge in [0.1, 0.15) is 5.75 Å². The van der Waals surface area contributed by atoms with Crippen molar-refractivity contribution in [3.63, 3.8) is 0 Å². The van der Waals surface area contributed by atoms with E-state index in [4.69, 9.17) is 15.7 Å². The van der Waals surface area contributed by atoms with Gasteiger partial charge in [-0.1, -0.05) is 12.1 Å². The molecule has 3 aliphatic heterocycles. The maximum Gasteiger partial charge on any atom is 0.307 e. The van der Waals surface area contributed by atoms with Gasteiger partial charge in [-0.05, 0) is 44.0 Å². The van der Waals surface area contributed by atoms with Gasteiger partial charge < -0.3 is 25.7 Å². The molecule has 3 aliphatic rings. The lowest BCUT2D eigenvalue weighted by atomic mass is 10.1. The van der Waals surface area contributed by atoms with Crippen molar-refractivity contribution in [2.24, 2.45) is 5.92 Å². The Morgan fingerprint density at radius 3 is 2.43 bits per heavy atom. The summed E-state index contributed by atoms with van der Waals surface area (Å²) in [5.74, 6) is 0.259. The Morgan fingerprint density at radius 2 is 1.76 bits per heavy atom. The molecule has 0 amide bonds. The number of piperazine rings is 1. The average molecular weight is 503 g/mol. The van der Waals surface area contributed by atoms with Crippen molar-refractivity contribution in [3.8, 4) is 17.0 Å². The van der Waals surface area contributed by atoms with E-state index in [1.165, 1.54) is 0 Å². The number of aromatic hydroxyl groups is 1. The smallest absolute Gasteiger partial charge is 0.307 e. The van der Waals surface area contributed by atoms with Crippen molar-refractivity contribution >= 4 is 23.4 Å². The van der Waals surface area contributed by atoms with Crippen LogP contribution in [-0.2, 0) is 11.3 Å². The third-order valence-corrected chi connectivity index (χ3v) is 7.75. The van der Waals surface area contributed by atoms with Crippen molar-refractivity contribution in [1.29, 1.82) is 0 Å². The van der Waals surface area contributed by atoms with Gasteiger partial charge in [-0.2, -0.15) is 0 Å². The van der Waals surface area contributed by atoms with Gasteiger partial charge in [0, 0.05) is 61.8 Å². The molecule has 2 aromatic heterocycles. The average Bonchev–Trinajstić information content (AvgIpc) is 3.47. The molecule has 3 saturated heterocycles. The summed E-state index contributed by atoms with van der Waals surface area (Å²) >= 11 is 0. The van der Waals surface area contributed by atoms with Crippen molar-refractivity contribution in [2.75, 3.05) is 41.7 Å². The SMILES string of the molecule is Nc1nnc(-c2ccccc2O)cc1N1CC2CCC(C1)N2c1ncc(CN2CC[C@@H](C(=O)O)C2)cn1. The molecule has 0 aliphatic carbocycles. The number of para-hydroxylation sites is 1. The molecular formula is C26H30N8O3. The minimum absolute atomic E-state index is 0.157. The third-order valence-electron chi connectivity index (χ3n) is 7.75. The van der Waals surface area contributed by atoms with Gasteiger partial charge in [0.15, 0.2) is 5.82 Å². The molecule has 0 radical (unpaired) electrons. The summed E-state index contributed by atoms with van der Waals surface area (Å²) in [6.45, 7) is 3.55. The minimum Gasteiger partial charge on any atom is -0.507 e. The normalized spacial score (nSPS) is 23.5. The number of anilines is 3. The molecule has 0 spiro atoms. The van der Waals surface area contributed by atoms with Crippen molar-refractivity contribution < 1.29 is 15.0 Å². The van der Waals surface area contributed by atoms with Crippen LogP contribution in [0.25, 0.3) is 11.3 Å². The second-order valence-electron chi connectivity index (χ2n) is 10.2. The molecule has 37 heavy (non-hydrogen) atoms. The van der Waals surface area contributed by atoms with Crippen molar-refractivity contribution in [1.82, 2.24) is 25.1 Å². The van der Waals surface area contributed by atoms with Gasteiger partial charge in [0.05, 0.1) is 17.3 Å². The summed E-state index contributed by atoms with van der Waals surface area (Å²) in [5, 5.41) is 27.9. The zero-order chi connectivity index (χ0) is 25.5. The van der Waals surface area contributed by atoms with Crippen LogP contribution in [-0.4, -0.2) is 79.5 Å². The predicted octanol–water partition coefficient (Wildman–Crippen LogP) is 1.99. The van der Waals surface area contributed by atoms with Crippen molar-refractivity contribution in [2.45, 2.75) is 37.9 Å². The highest BCUT2D eigenvalue weighted by atomic mass is 16.4. The van der Waals surface area contributed by atoms with E-state index in [1.807, 2.05) is 30.6 Å². The number of hydrogen-bond acceptors (Lipinski definition) is 10. The maximum atomic E-state index is 11.2. The van der Waals surface area contributed by atoms with Gasteiger partial charge in [0.2, 0.25) is 5.95 Å². The monoisotopic (exact) mass is 502 g/mol. The number of nitrogen functional groups attached to an aromatic ring is 1. The van der Waals surface area contributed by atoms with Crippen LogP contribution < -0.4 is 15.5 Å². The number of carbonyl (C=O) groups is 1. The lowest BCUT2D eigenvalue weighted by molar-refractivity contribution is -0.141. The van der Waals surface area contributed by atoms with E-state index in [0.717, 1.165) is 49.7 Å². The molecule has 3 aromatic rings. The largest absolute Gasteiger partial charge is 0.507 e. The number of aromatic nitrogens is 4. The molecule has 11 nitrogen and oxygen atoms in total. The summed E-state index contributed by atoms with van der Waals surface area (Å²) in [4.78, 5) is 27.4. The molecule has 6 rings (SSSR count). The lowest BCUT2D eigenvalue weighted by Crippen LogP contribution is -2.54. The number of carboxylic acid groups (broad SMARTS) is 1. The first kappa shape index (κ1) is 23.4. The van der Waals surface area contributed by atoms with Gasteiger partial charge in [-0.15, -0.1) is 10.2 Å². The van der Waals surface area contributed by atoms with E-state index >= 15 is 0 Å². The molecule has 4 N–H and O–H groups in total. The Hall–Kier alpha value is -3.99. The molecule has 192 valence electrons. The molecule has 2 unspecified atom stereocenters. The number of phenols is 1. The quantitative estimate of drug-likeness (QED) is 0.455. The van der Waals surface area contributed by atoms with Gasteiger partial charge in [-0.25, -0.2) is 9.97 Å². The highest BCUT2D eigenvalue weighted by Crippen LogP contribution is 2.38. The minimum atomic E-state index is -0.720. The standard InChI is InChI=1S/C26H30N8O3/c27-24-22(9-21(30-31-24)20-3-1-2-4-23(20)35)33-14-18-5-6-19(15-33)34(18)26-28-10-16(11-29-26)12-32-8-7-17(13-32)25(36)37/h1-4,9-11,17-19,35H,5-8,12-15H2,(H2,27,31)(H,36,37)/t17-,18?,19?/m1/s1. The number of rotatable bonds is 6. The summed E-state index contributed by atoms with van der Waals surface area (Å²) in [5.41, 5.74) is 9.28. The number of carboxylic acids is 1. The van der Waals surface area contributed by atoms with Crippen LogP contribution in [0.5, 0.6) is 5.75 Å². The Balaban J connectivity index is 1.16. The number of phenolic OH excluding ortho intramolecular Hbond substituents is 1. The summed E-state index contributed by atoms with van der Waals surface area (Å²) < 4.78 is 0. The first-order valence-electron chi connectivity index (χ1n) is 12.7. The Kier molecular flexibility index (Phi) is 5.99. The van der Waals surface area contributed by atoms with Gasteiger partial charge >= 0.3 is 5.97 Å². The molecule has 1 aromatic carbocycles. The van der Waals surface area contributed by atoms with E-state index in [-0.39, 0.29) is 23.8 Å². The molecule has 5 heterocycles.